The molecular formula is C23H31F2NO5. The molecule has 172 valence electrons. The van der Waals surface area contributed by atoms with Gasteiger partial charge in [0.15, 0.2) is 11.6 Å². The van der Waals surface area contributed by atoms with E-state index in [0.717, 1.165) is 70.9 Å². The van der Waals surface area contributed by atoms with Gasteiger partial charge in [0.1, 0.15) is 5.82 Å². The third-order valence-electron chi connectivity index (χ3n) is 6.30. The molecule has 1 aliphatic carbocycles. The number of carbonyl (C=O) groups is 2. The third kappa shape index (κ3) is 5.66. The summed E-state index contributed by atoms with van der Waals surface area (Å²) in [5, 5.41) is 0. The Morgan fingerprint density at radius 3 is 2.45 bits per heavy atom. The largest absolute Gasteiger partial charge is 0.490 e. The second kappa shape index (κ2) is 9.83. The molecule has 0 aromatic heterocycles. The number of esters is 1. The summed E-state index contributed by atoms with van der Waals surface area (Å²) in [7, 11) is 1.11. The van der Waals surface area contributed by atoms with Crippen LogP contribution in [0.4, 0.5) is 13.6 Å². The Morgan fingerprint density at radius 2 is 1.84 bits per heavy atom. The highest BCUT2D eigenvalue weighted by molar-refractivity contribution is 5.89. The van der Waals surface area contributed by atoms with Crippen molar-refractivity contribution in [2.45, 2.75) is 58.5 Å². The lowest BCUT2D eigenvalue weighted by molar-refractivity contribution is -0.0204. The molecule has 0 atom stereocenters. The van der Waals surface area contributed by atoms with Crippen molar-refractivity contribution in [3.8, 4) is 5.75 Å². The highest BCUT2D eigenvalue weighted by Gasteiger charge is 2.46. The third-order valence-corrected chi connectivity index (χ3v) is 6.30. The van der Waals surface area contributed by atoms with Crippen LogP contribution in [-0.2, 0) is 9.47 Å². The van der Waals surface area contributed by atoms with Crippen molar-refractivity contribution in [1.82, 2.24) is 4.90 Å². The lowest BCUT2D eigenvalue weighted by atomic mass is 9.56. The maximum atomic E-state index is 14.1. The number of nitrogens with zero attached hydrogens (tertiary/aromatic N) is 1. The Balaban J connectivity index is 1.36. The van der Waals surface area contributed by atoms with E-state index in [-0.39, 0.29) is 24.6 Å². The molecule has 8 heteroatoms. The average molecular weight is 439 g/mol. The lowest BCUT2D eigenvalue weighted by Gasteiger charge is -2.52. The fourth-order valence-electron chi connectivity index (χ4n) is 4.68. The number of amides is 1. The van der Waals surface area contributed by atoms with Gasteiger partial charge in [-0.05, 0) is 69.8 Å². The summed E-state index contributed by atoms with van der Waals surface area (Å²) in [5.74, 6) is -2.18. The van der Waals surface area contributed by atoms with Gasteiger partial charge in [-0.15, -0.1) is 0 Å². The second-order valence-electron chi connectivity index (χ2n) is 8.94. The molecule has 3 rings (SSSR count). The molecule has 1 heterocycles. The van der Waals surface area contributed by atoms with Crippen molar-refractivity contribution in [2.75, 3.05) is 26.8 Å². The first-order valence-electron chi connectivity index (χ1n) is 10.9. The highest BCUT2D eigenvalue weighted by Crippen LogP contribution is 2.54. The van der Waals surface area contributed by atoms with Crippen molar-refractivity contribution in [1.29, 1.82) is 0 Å². The van der Waals surface area contributed by atoms with Gasteiger partial charge in [-0.1, -0.05) is 0 Å². The first-order valence-corrected chi connectivity index (χ1v) is 10.9. The molecule has 1 aromatic carbocycles. The van der Waals surface area contributed by atoms with Crippen LogP contribution in [0.15, 0.2) is 12.1 Å². The molecule has 1 aromatic rings. The maximum Gasteiger partial charge on any atom is 0.410 e. The minimum absolute atomic E-state index is 0.102. The quantitative estimate of drug-likeness (QED) is 0.444. The molecule has 0 unspecified atom stereocenters. The monoisotopic (exact) mass is 439 g/mol. The summed E-state index contributed by atoms with van der Waals surface area (Å²) >= 11 is 0. The molecule has 1 saturated carbocycles. The minimum Gasteiger partial charge on any atom is -0.490 e. The van der Waals surface area contributed by atoms with Gasteiger partial charge in [0.05, 0.1) is 25.4 Å². The highest BCUT2D eigenvalue weighted by atomic mass is 19.1. The van der Waals surface area contributed by atoms with Crippen LogP contribution in [-0.4, -0.2) is 49.9 Å². The zero-order valence-electron chi connectivity index (χ0n) is 18.4. The van der Waals surface area contributed by atoms with E-state index in [0.29, 0.717) is 11.3 Å². The van der Waals surface area contributed by atoms with Crippen LogP contribution in [0.2, 0.25) is 0 Å². The van der Waals surface area contributed by atoms with Gasteiger partial charge in [0, 0.05) is 19.2 Å². The molecule has 1 spiro atoms. The van der Waals surface area contributed by atoms with Crippen LogP contribution in [0, 0.1) is 23.0 Å². The molecule has 2 fully saturated rings. The van der Waals surface area contributed by atoms with Gasteiger partial charge in [0.25, 0.3) is 0 Å². The summed E-state index contributed by atoms with van der Waals surface area (Å²) in [5.41, 5.74) is -0.116. The number of methoxy groups -OCH3 is 1. The van der Waals surface area contributed by atoms with Gasteiger partial charge in [-0.3, -0.25) is 0 Å². The van der Waals surface area contributed by atoms with Crippen LogP contribution < -0.4 is 4.74 Å². The molecule has 0 N–H and O–H groups in total. The second-order valence-corrected chi connectivity index (χ2v) is 8.94. The van der Waals surface area contributed by atoms with Gasteiger partial charge in [0.2, 0.25) is 0 Å². The van der Waals surface area contributed by atoms with Crippen LogP contribution in [0.25, 0.3) is 0 Å². The number of carbonyl (C=O) groups excluding carboxylic acids is 2. The van der Waals surface area contributed by atoms with Crippen LogP contribution in [0.1, 0.15) is 62.7 Å². The van der Waals surface area contributed by atoms with E-state index >= 15 is 0 Å². The minimum atomic E-state index is -0.926. The fraction of sp³-hybridized carbons (Fsp3) is 0.652. The van der Waals surface area contributed by atoms with Crippen LogP contribution >= 0.6 is 0 Å². The molecule has 1 aliphatic heterocycles. The first-order chi connectivity index (χ1) is 14.7. The van der Waals surface area contributed by atoms with Crippen LogP contribution in [0.5, 0.6) is 5.75 Å². The smallest absolute Gasteiger partial charge is 0.410 e. The molecule has 0 radical (unpaired) electrons. The number of rotatable bonds is 7. The predicted octanol–water partition coefficient (Wildman–Crippen LogP) is 4.95. The molecule has 2 aliphatic rings. The number of ether oxygens (including phenoxy) is 3. The molecule has 0 bridgehead atoms. The number of hydrogen-bond acceptors (Lipinski definition) is 5. The van der Waals surface area contributed by atoms with Crippen molar-refractivity contribution in [2.24, 2.45) is 11.3 Å². The lowest BCUT2D eigenvalue weighted by Crippen LogP contribution is -2.49. The standard InChI is InChI=1S/C23H31F2NO5/c1-15(2)31-22(28)26-8-6-23(7-9-26)13-16(14-23)5-4-10-30-20-12-18(24)17(11-19(20)25)21(27)29-3/h11-12,15-16H,4-10,13-14H2,1-3H3. The van der Waals surface area contributed by atoms with Gasteiger partial charge in [-0.2, -0.15) is 0 Å². The first kappa shape index (κ1) is 23.3. The number of benzene rings is 1. The van der Waals surface area contributed by atoms with E-state index in [1.165, 1.54) is 0 Å². The Kier molecular flexibility index (Phi) is 7.38. The Hall–Kier alpha value is -2.38. The molecule has 6 nitrogen and oxygen atoms in total. The SMILES string of the molecule is COC(=O)c1cc(F)c(OCCCC2CC3(CCN(C(=O)OC(C)C)CC3)C2)cc1F. The van der Waals surface area contributed by atoms with E-state index in [9.17, 15) is 18.4 Å². The van der Waals surface area contributed by atoms with E-state index in [2.05, 4.69) is 4.74 Å². The number of hydrogen-bond donors (Lipinski definition) is 0. The average Bonchev–Trinajstić information content (AvgIpc) is 2.71. The van der Waals surface area contributed by atoms with E-state index in [1.54, 1.807) is 4.90 Å². The molecule has 1 amide bonds. The van der Waals surface area contributed by atoms with Crippen molar-refractivity contribution in [3.63, 3.8) is 0 Å². The number of piperidine rings is 1. The summed E-state index contributed by atoms with van der Waals surface area (Å²) in [6.45, 7) is 5.48. The van der Waals surface area contributed by atoms with E-state index in [1.807, 2.05) is 13.8 Å². The maximum absolute atomic E-state index is 14.1. The van der Waals surface area contributed by atoms with Gasteiger partial charge >= 0.3 is 12.1 Å². The Labute approximate surface area is 181 Å². The summed E-state index contributed by atoms with van der Waals surface area (Å²) in [6.07, 6.45) is 5.66. The van der Waals surface area contributed by atoms with E-state index in [4.69, 9.17) is 9.47 Å². The van der Waals surface area contributed by atoms with E-state index < -0.39 is 23.2 Å². The topological polar surface area (TPSA) is 65.1 Å². The number of halogens is 2. The molecular weight excluding hydrogens is 408 g/mol. The van der Waals surface area contributed by atoms with Crippen molar-refractivity contribution < 1.29 is 32.6 Å². The Morgan fingerprint density at radius 1 is 1.16 bits per heavy atom. The normalized spacial score (nSPS) is 18.1. The Bertz CT molecular complexity index is 797. The summed E-state index contributed by atoms with van der Waals surface area (Å²) < 4.78 is 43.1. The van der Waals surface area contributed by atoms with Gasteiger partial charge < -0.3 is 19.1 Å². The number of likely N-dealkylation sites (tertiary alicyclic amines) is 1. The predicted molar refractivity (Wildman–Crippen MR) is 110 cm³/mol. The summed E-state index contributed by atoms with van der Waals surface area (Å²) in [6, 6.07) is 1.69. The summed E-state index contributed by atoms with van der Waals surface area (Å²) in [4.78, 5) is 25.2. The fourth-order valence-corrected chi connectivity index (χ4v) is 4.68. The van der Waals surface area contributed by atoms with Crippen molar-refractivity contribution in [3.05, 3.63) is 29.3 Å². The molecule has 1 saturated heterocycles. The zero-order chi connectivity index (χ0) is 22.6. The van der Waals surface area contributed by atoms with Gasteiger partial charge in [-0.25, -0.2) is 18.4 Å². The van der Waals surface area contributed by atoms with Crippen molar-refractivity contribution >= 4 is 12.1 Å². The van der Waals surface area contributed by atoms with Crippen LogP contribution in [0.3, 0.4) is 0 Å². The zero-order valence-corrected chi connectivity index (χ0v) is 18.4. The molecule has 31 heavy (non-hydrogen) atoms.